The molecule has 0 spiro atoms. The van der Waals surface area contributed by atoms with Crippen LogP contribution < -0.4 is 10.6 Å². The first-order valence-electron chi connectivity index (χ1n) is 12.0. The largest absolute Gasteiger partial charge is 0.491 e. The predicted octanol–water partition coefficient (Wildman–Crippen LogP) is 6.84. The molecule has 5 heteroatoms. The zero-order valence-electron chi connectivity index (χ0n) is 19.8. The van der Waals surface area contributed by atoms with E-state index in [9.17, 15) is 9.18 Å². The molecule has 176 valence electrons. The van der Waals surface area contributed by atoms with Crippen molar-refractivity contribution in [2.45, 2.75) is 64.6 Å². The molecule has 0 aromatic heterocycles. The number of urea groups is 1. The van der Waals surface area contributed by atoms with Gasteiger partial charge >= 0.3 is 6.03 Å². The van der Waals surface area contributed by atoms with Crippen molar-refractivity contribution in [1.29, 1.82) is 0 Å². The number of amides is 2. The minimum Gasteiger partial charge on any atom is -0.491 e. The molecular formula is C28H35FN2O2. The molecule has 2 amide bonds. The maximum absolute atomic E-state index is 12.8. The van der Waals surface area contributed by atoms with Crippen LogP contribution in [0, 0.1) is 0 Å². The van der Waals surface area contributed by atoms with Crippen LogP contribution in [0.25, 0.3) is 11.1 Å². The molecule has 0 saturated heterocycles. The van der Waals surface area contributed by atoms with E-state index in [0.717, 1.165) is 36.8 Å². The van der Waals surface area contributed by atoms with Crippen LogP contribution in [0.2, 0.25) is 0 Å². The third kappa shape index (κ3) is 6.04. The first-order valence-corrected chi connectivity index (χ1v) is 12.0. The van der Waals surface area contributed by atoms with Gasteiger partial charge in [0, 0.05) is 6.04 Å². The first kappa shape index (κ1) is 24.6. The zero-order chi connectivity index (χ0) is 23.6. The van der Waals surface area contributed by atoms with E-state index in [1.54, 1.807) is 6.08 Å². The minimum atomic E-state index is -0.498. The van der Waals surface area contributed by atoms with Gasteiger partial charge in [0.15, 0.2) is 0 Å². The molecule has 0 heterocycles. The van der Waals surface area contributed by atoms with E-state index in [2.05, 4.69) is 34.9 Å². The SMILES string of the molecule is C/C=C(\C=C/CF)OC1CCC(NC(=O)NC2c3ccccc3-c3ccccc32)CC1.CC. The molecular weight excluding hydrogens is 415 g/mol. The Balaban J connectivity index is 0.00000149. The van der Waals surface area contributed by atoms with Gasteiger partial charge in [0.05, 0.1) is 12.1 Å². The lowest BCUT2D eigenvalue weighted by atomic mass is 9.93. The average molecular weight is 451 g/mol. The van der Waals surface area contributed by atoms with Gasteiger partial charge in [0.1, 0.15) is 12.4 Å². The summed E-state index contributed by atoms with van der Waals surface area (Å²) >= 11 is 0. The molecule has 1 saturated carbocycles. The van der Waals surface area contributed by atoms with Gasteiger partial charge in [-0.05, 0) is 67.0 Å². The van der Waals surface area contributed by atoms with Crippen molar-refractivity contribution in [1.82, 2.24) is 10.6 Å². The van der Waals surface area contributed by atoms with Crippen LogP contribution in [-0.4, -0.2) is 24.9 Å². The molecule has 2 aromatic carbocycles. The Hall–Kier alpha value is -3.08. The number of benzene rings is 2. The fraction of sp³-hybridized carbons (Fsp3) is 0.393. The second-order valence-corrected chi connectivity index (χ2v) is 8.06. The Morgan fingerprint density at radius 3 is 2.09 bits per heavy atom. The second-order valence-electron chi connectivity index (χ2n) is 8.06. The van der Waals surface area contributed by atoms with Gasteiger partial charge in [-0.1, -0.05) is 68.5 Å². The summed E-state index contributed by atoms with van der Waals surface area (Å²) in [6, 6.07) is 16.3. The lowest BCUT2D eigenvalue weighted by Gasteiger charge is -2.30. The molecule has 0 radical (unpaired) electrons. The normalized spacial score (nSPS) is 19.8. The van der Waals surface area contributed by atoms with E-state index in [0.29, 0.717) is 5.76 Å². The van der Waals surface area contributed by atoms with Crippen molar-refractivity contribution in [2.75, 3.05) is 6.67 Å². The van der Waals surface area contributed by atoms with Gasteiger partial charge in [-0.25, -0.2) is 9.18 Å². The molecule has 2 aliphatic carbocycles. The number of allylic oxidation sites excluding steroid dienone is 3. The average Bonchev–Trinajstić information content (AvgIpc) is 3.18. The molecule has 1 fully saturated rings. The highest BCUT2D eigenvalue weighted by Gasteiger charge is 2.30. The Morgan fingerprint density at radius 1 is 0.970 bits per heavy atom. The highest BCUT2D eigenvalue weighted by Crippen LogP contribution is 2.42. The Bertz CT molecular complexity index is 932. The van der Waals surface area contributed by atoms with Crippen molar-refractivity contribution in [2.24, 2.45) is 0 Å². The number of hydrogen-bond donors (Lipinski definition) is 2. The number of carbonyl (C=O) groups is 1. The Labute approximate surface area is 196 Å². The fourth-order valence-electron chi connectivity index (χ4n) is 4.55. The Morgan fingerprint density at radius 2 is 1.55 bits per heavy atom. The predicted molar refractivity (Wildman–Crippen MR) is 133 cm³/mol. The van der Waals surface area contributed by atoms with E-state index < -0.39 is 6.67 Å². The van der Waals surface area contributed by atoms with Crippen molar-refractivity contribution in [3.63, 3.8) is 0 Å². The quantitative estimate of drug-likeness (QED) is 0.374. The summed E-state index contributed by atoms with van der Waals surface area (Å²) in [7, 11) is 0. The van der Waals surface area contributed by atoms with Gasteiger partial charge in [0.2, 0.25) is 0 Å². The third-order valence-corrected chi connectivity index (χ3v) is 6.08. The van der Waals surface area contributed by atoms with Crippen LogP contribution >= 0.6 is 0 Å². The number of rotatable bonds is 6. The van der Waals surface area contributed by atoms with E-state index >= 15 is 0 Å². The highest BCUT2D eigenvalue weighted by molar-refractivity contribution is 5.82. The summed E-state index contributed by atoms with van der Waals surface area (Å²) in [6.07, 6.45) is 8.52. The maximum atomic E-state index is 12.8. The summed E-state index contributed by atoms with van der Waals surface area (Å²) in [5.41, 5.74) is 4.64. The summed E-state index contributed by atoms with van der Waals surface area (Å²) in [6.45, 7) is 5.39. The number of hydrogen-bond acceptors (Lipinski definition) is 2. The first-order chi connectivity index (χ1) is 16.2. The Kier molecular flexibility index (Phi) is 9.11. The number of ether oxygens (including phenoxy) is 1. The lowest BCUT2D eigenvalue weighted by Crippen LogP contribution is -2.45. The van der Waals surface area contributed by atoms with Crippen molar-refractivity contribution in [3.8, 4) is 11.1 Å². The summed E-state index contributed by atoms with van der Waals surface area (Å²) in [5.74, 6) is 0.699. The number of nitrogens with one attached hydrogen (secondary N) is 2. The monoisotopic (exact) mass is 450 g/mol. The topological polar surface area (TPSA) is 50.4 Å². The minimum absolute atomic E-state index is 0.102. The van der Waals surface area contributed by atoms with E-state index in [1.807, 2.05) is 51.1 Å². The van der Waals surface area contributed by atoms with Crippen molar-refractivity contribution in [3.05, 3.63) is 83.6 Å². The molecule has 4 rings (SSSR count). The van der Waals surface area contributed by atoms with Crippen LogP contribution in [0.1, 0.15) is 63.6 Å². The van der Waals surface area contributed by atoms with Gasteiger partial charge in [0.25, 0.3) is 0 Å². The fourth-order valence-corrected chi connectivity index (χ4v) is 4.55. The molecule has 2 N–H and O–H groups in total. The number of halogens is 1. The molecule has 33 heavy (non-hydrogen) atoms. The van der Waals surface area contributed by atoms with E-state index in [-0.39, 0.29) is 24.2 Å². The van der Waals surface area contributed by atoms with Gasteiger partial charge in [-0.2, -0.15) is 0 Å². The summed E-state index contributed by atoms with van der Waals surface area (Å²) < 4.78 is 18.3. The van der Waals surface area contributed by atoms with Crippen LogP contribution in [0.5, 0.6) is 0 Å². The summed E-state index contributed by atoms with van der Waals surface area (Å²) in [4.78, 5) is 12.8. The van der Waals surface area contributed by atoms with Crippen molar-refractivity contribution >= 4 is 6.03 Å². The van der Waals surface area contributed by atoms with E-state index in [1.165, 1.54) is 17.2 Å². The number of fused-ring (bicyclic) bond motifs is 3. The van der Waals surface area contributed by atoms with Gasteiger partial charge < -0.3 is 15.4 Å². The van der Waals surface area contributed by atoms with Crippen molar-refractivity contribution < 1.29 is 13.9 Å². The zero-order valence-corrected chi connectivity index (χ0v) is 19.8. The molecule has 2 aromatic rings. The third-order valence-electron chi connectivity index (χ3n) is 6.08. The second kappa shape index (κ2) is 12.2. The molecule has 0 bridgehead atoms. The molecule has 2 aliphatic rings. The van der Waals surface area contributed by atoms with Crippen LogP contribution in [0.3, 0.4) is 0 Å². The highest BCUT2D eigenvalue weighted by atomic mass is 19.1. The van der Waals surface area contributed by atoms with E-state index in [4.69, 9.17) is 4.74 Å². The summed E-state index contributed by atoms with van der Waals surface area (Å²) in [5, 5.41) is 6.32. The molecule has 0 unspecified atom stereocenters. The van der Waals surface area contributed by atoms with Gasteiger partial charge in [-0.3, -0.25) is 0 Å². The smallest absolute Gasteiger partial charge is 0.315 e. The molecule has 0 aliphatic heterocycles. The maximum Gasteiger partial charge on any atom is 0.315 e. The molecule has 4 nitrogen and oxygen atoms in total. The van der Waals surface area contributed by atoms with Crippen LogP contribution in [-0.2, 0) is 4.74 Å². The van der Waals surface area contributed by atoms with Crippen LogP contribution in [0.15, 0.2) is 72.5 Å². The van der Waals surface area contributed by atoms with Gasteiger partial charge in [-0.15, -0.1) is 0 Å². The standard InChI is InChI=1S/C26H29FN2O2.C2H6/c1-2-19(8-7-17-27)31-20-15-13-18(14-16-20)28-26(30)29-25-23-11-5-3-9-21(23)22-10-4-6-12-24(22)25;1-2/h2-12,18,20,25H,13-17H2,1H3,(H2,28,29,30);1-2H3/b8-7-,19-2+;. The van der Waals surface area contributed by atoms with Crippen LogP contribution in [0.4, 0.5) is 9.18 Å². The number of carbonyl (C=O) groups excluding carboxylic acids is 1. The number of alkyl halides is 1. The lowest BCUT2D eigenvalue weighted by molar-refractivity contribution is 0.0810. The molecule has 0 atom stereocenters.